The predicted molar refractivity (Wildman–Crippen MR) is 82.1 cm³/mol. The summed E-state index contributed by atoms with van der Waals surface area (Å²) in [5.41, 5.74) is 0. The molecule has 0 aliphatic rings. The first-order chi connectivity index (χ1) is 9.31. The molecule has 0 saturated heterocycles. The van der Waals surface area contributed by atoms with Crippen LogP contribution in [0.1, 0.15) is 71.1 Å². The fourth-order valence-corrected chi connectivity index (χ4v) is 1.92. The van der Waals surface area contributed by atoms with Gasteiger partial charge in [-0.3, -0.25) is 0 Å². The molecule has 0 unspecified atom stereocenters. The summed E-state index contributed by atoms with van der Waals surface area (Å²) < 4.78 is 4.87. The van der Waals surface area contributed by atoms with Gasteiger partial charge in [0.1, 0.15) is 0 Å². The van der Waals surface area contributed by atoms with E-state index in [4.69, 9.17) is 4.74 Å². The van der Waals surface area contributed by atoms with E-state index < -0.39 is 0 Å². The lowest BCUT2D eigenvalue weighted by atomic mass is 10.1. The first-order valence-corrected chi connectivity index (χ1v) is 7.75. The van der Waals surface area contributed by atoms with Crippen molar-refractivity contribution in [1.29, 1.82) is 0 Å². The number of rotatable bonds is 13. The van der Waals surface area contributed by atoms with Crippen LogP contribution in [0.3, 0.4) is 0 Å². The van der Waals surface area contributed by atoms with Gasteiger partial charge in [0.2, 0.25) is 0 Å². The molecule has 0 heterocycles. The molecule has 0 amide bonds. The molecule has 0 N–H and O–H groups in total. The van der Waals surface area contributed by atoms with Crippen molar-refractivity contribution in [3.8, 4) is 0 Å². The maximum atomic E-state index is 10.7. The van der Waals surface area contributed by atoms with Crippen LogP contribution in [0.15, 0.2) is 24.8 Å². The standard InChI is InChI=1S/C17H30O2/c1-3-5-6-7-8-9-10-11-12-13-14-15-16-19-17(18)4-2/h4,13-14H,2-3,5-12,15-16H2,1H3/b14-13+. The summed E-state index contributed by atoms with van der Waals surface area (Å²) >= 11 is 0. The van der Waals surface area contributed by atoms with Crippen molar-refractivity contribution in [1.82, 2.24) is 0 Å². The number of allylic oxidation sites excluding steroid dienone is 1. The van der Waals surface area contributed by atoms with Gasteiger partial charge in [-0.1, -0.05) is 70.6 Å². The minimum absolute atomic E-state index is 0.337. The van der Waals surface area contributed by atoms with Crippen LogP contribution in [0.2, 0.25) is 0 Å². The molecule has 0 fully saturated rings. The van der Waals surface area contributed by atoms with E-state index in [0.717, 1.165) is 12.8 Å². The topological polar surface area (TPSA) is 26.3 Å². The second-order valence-corrected chi connectivity index (χ2v) is 4.90. The zero-order valence-corrected chi connectivity index (χ0v) is 12.5. The first kappa shape index (κ1) is 17.9. The van der Waals surface area contributed by atoms with Gasteiger partial charge in [0.15, 0.2) is 0 Å². The quantitative estimate of drug-likeness (QED) is 0.198. The molecule has 0 atom stereocenters. The Morgan fingerprint density at radius 2 is 1.53 bits per heavy atom. The second-order valence-electron chi connectivity index (χ2n) is 4.90. The van der Waals surface area contributed by atoms with E-state index in [1.165, 1.54) is 57.4 Å². The van der Waals surface area contributed by atoms with Crippen molar-refractivity contribution in [2.24, 2.45) is 0 Å². The van der Waals surface area contributed by atoms with Crippen molar-refractivity contribution in [3.63, 3.8) is 0 Å². The number of unbranched alkanes of at least 4 members (excludes halogenated alkanes) is 8. The Kier molecular flexibility index (Phi) is 14.2. The van der Waals surface area contributed by atoms with Crippen molar-refractivity contribution in [3.05, 3.63) is 24.8 Å². The summed E-state index contributed by atoms with van der Waals surface area (Å²) in [6, 6.07) is 0. The summed E-state index contributed by atoms with van der Waals surface area (Å²) in [7, 11) is 0. The van der Waals surface area contributed by atoms with E-state index in [9.17, 15) is 4.79 Å². The highest BCUT2D eigenvalue weighted by Gasteiger charge is 1.92. The zero-order chi connectivity index (χ0) is 14.2. The normalized spacial score (nSPS) is 10.8. The minimum atomic E-state index is -0.337. The highest BCUT2D eigenvalue weighted by Crippen LogP contribution is 2.09. The Bertz CT molecular complexity index is 244. The summed E-state index contributed by atoms with van der Waals surface area (Å²) in [5.74, 6) is -0.337. The molecule has 0 aromatic heterocycles. The van der Waals surface area contributed by atoms with Crippen molar-refractivity contribution in [2.45, 2.75) is 71.1 Å². The van der Waals surface area contributed by atoms with E-state index in [0.29, 0.717) is 6.61 Å². The maximum absolute atomic E-state index is 10.7. The van der Waals surface area contributed by atoms with Gasteiger partial charge >= 0.3 is 5.97 Å². The van der Waals surface area contributed by atoms with Gasteiger partial charge in [-0.2, -0.15) is 0 Å². The van der Waals surface area contributed by atoms with Gasteiger partial charge in [0, 0.05) is 6.08 Å². The largest absolute Gasteiger partial charge is 0.462 e. The molecule has 19 heavy (non-hydrogen) atoms. The third kappa shape index (κ3) is 14.9. The molecular formula is C17H30O2. The smallest absolute Gasteiger partial charge is 0.330 e. The maximum Gasteiger partial charge on any atom is 0.330 e. The Morgan fingerprint density at radius 3 is 2.16 bits per heavy atom. The molecule has 0 spiro atoms. The van der Waals surface area contributed by atoms with E-state index in [1.54, 1.807) is 0 Å². The molecular weight excluding hydrogens is 236 g/mol. The van der Waals surface area contributed by atoms with Gasteiger partial charge in [-0.15, -0.1) is 0 Å². The van der Waals surface area contributed by atoms with Crippen LogP contribution in [0.5, 0.6) is 0 Å². The van der Waals surface area contributed by atoms with E-state index >= 15 is 0 Å². The molecule has 2 nitrogen and oxygen atoms in total. The number of esters is 1. The lowest BCUT2D eigenvalue weighted by molar-refractivity contribution is -0.137. The molecule has 0 aliphatic heterocycles. The molecule has 0 bridgehead atoms. The van der Waals surface area contributed by atoms with Crippen molar-refractivity contribution in [2.75, 3.05) is 6.61 Å². The Balaban J connectivity index is 3.12. The van der Waals surface area contributed by atoms with Crippen LogP contribution in [-0.2, 0) is 9.53 Å². The SMILES string of the molecule is C=CC(=O)OCC/C=C/CCCCCCCCCC. The molecule has 0 rings (SSSR count). The average Bonchev–Trinajstić information content (AvgIpc) is 2.43. The highest BCUT2D eigenvalue weighted by atomic mass is 16.5. The summed E-state index contributed by atoms with van der Waals surface area (Å²) in [4.78, 5) is 10.7. The second kappa shape index (κ2) is 15.0. The van der Waals surface area contributed by atoms with Crippen LogP contribution in [-0.4, -0.2) is 12.6 Å². The minimum Gasteiger partial charge on any atom is -0.462 e. The number of hydrogen-bond donors (Lipinski definition) is 0. The number of hydrogen-bond acceptors (Lipinski definition) is 2. The van der Waals surface area contributed by atoms with Crippen molar-refractivity contribution >= 4 is 5.97 Å². The third-order valence-electron chi connectivity index (χ3n) is 3.09. The van der Waals surface area contributed by atoms with Crippen LogP contribution >= 0.6 is 0 Å². The van der Waals surface area contributed by atoms with Crippen LogP contribution < -0.4 is 0 Å². The zero-order valence-electron chi connectivity index (χ0n) is 12.5. The molecule has 0 aliphatic carbocycles. The molecule has 0 radical (unpaired) electrons. The Morgan fingerprint density at radius 1 is 0.947 bits per heavy atom. The van der Waals surface area contributed by atoms with Crippen LogP contribution in [0.25, 0.3) is 0 Å². The van der Waals surface area contributed by atoms with Gasteiger partial charge < -0.3 is 4.74 Å². The monoisotopic (exact) mass is 266 g/mol. The fraction of sp³-hybridized carbons (Fsp3) is 0.706. The van der Waals surface area contributed by atoms with E-state index in [2.05, 4.69) is 25.7 Å². The lowest BCUT2D eigenvalue weighted by Gasteiger charge is -2.00. The summed E-state index contributed by atoms with van der Waals surface area (Å²) in [6.07, 6.45) is 18.3. The molecule has 0 saturated carbocycles. The molecule has 110 valence electrons. The van der Waals surface area contributed by atoms with Gasteiger partial charge in [0.05, 0.1) is 6.61 Å². The van der Waals surface area contributed by atoms with E-state index in [-0.39, 0.29) is 5.97 Å². The van der Waals surface area contributed by atoms with Crippen LogP contribution in [0.4, 0.5) is 0 Å². The van der Waals surface area contributed by atoms with Gasteiger partial charge in [0.25, 0.3) is 0 Å². The Hall–Kier alpha value is -1.05. The average molecular weight is 266 g/mol. The third-order valence-corrected chi connectivity index (χ3v) is 3.09. The summed E-state index contributed by atoms with van der Waals surface area (Å²) in [6.45, 7) is 6.06. The fourth-order valence-electron chi connectivity index (χ4n) is 1.92. The van der Waals surface area contributed by atoms with Crippen molar-refractivity contribution < 1.29 is 9.53 Å². The first-order valence-electron chi connectivity index (χ1n) is 7.75. The molecule has 2 heteroatoms. The van der Waals surface area contributed by atoms with E-state index in [1.807, 2.05) is 0 Å². The van der Waals surface area contributed by atoms with Crippen LogP contribution in [0, 0.1) is 0 Å². The lowest BCUT2D eigenvalue weighted by Crippen LogP contribution is -2.00. The summed E-state index contributed by atoms with van der Waals surface area (Å²) in [5, 5.41) is 0. The van der Waals surface area contributed by atoms with Gasteiger partial charge in [-0.05, 0) is 19.3 Å². The number of carbonyl (C=O) groups excluding carboxylic acids is 1. The molecule has 0 aromatic rings. The highest BCUT2D eigenvalue weighted by molar-refractivity contribution is 5.81. The number of ether oxygens (including phenoxy) is 1. The Labute approximate surface area is 118 Å². The predicted octanol–water partition coefficient (Wildman–Crippen LogP) is 5.19. The number of carbonyl (C=O) groups is 1. The van der Waals surface area contributed by atoms with Gasteiger partial charge in [-0.25, -0.2) is 4.79 Å². The molecule has 0 aromatic carbocycles.